The van der Waals surface area contributed by atoms with Crippen molar-refractivity contribution in [3.05, 3.63) is 96.6 Å². The third-order valence-corrected chi connectivity index (χ3v) is 5.98. The molecule has 11 heteroatoms. The zero-order valence-corrected chi connectivity index (χ0v) is 21.3. The van der Waals surface area contributed by atoms with Crippen LogP contribution in [0, 0.1) is 10.1 Å². The van der Waals surface area contributed by atoms with Crippen LogP contribution < -0.4 is 14.9 Å². The second-order valence-corrected chi connectivity index (χ2v) is 9.01. The molecule has 1 N–H and O–H groups in total. The number of carbonyl (C=O) groups is 1. The molecule has 0 radical (unpaired) electrons. The molecule has 1 amide bonds. The van der Waals surface area contributed by atoms with E-state index in [1.54, 1.807) is 12.1 Å². The first-order valence-electron chi connectivity index (χ1n) is 10.1. The van der Waals surface area contributed by atoms with Crippen LogP contribution in [0.2, 0.25) is 0 Å². The van der Waals surface area contributed by atoms with Crippen molar-refractivity contribution in [1.29, 1.82) is 0 Å². The number of hydrogen-bond acceptors (Lipinski definition) is 7. The first kappa shape index (κ1) is 24.4. The van der Waals surface area contributed by atoms with Crippen LogP contribution in [0.3, 0.4) is 0 Å². The van der Waals surface area contributed by atoms with Gasteiger partial charge in [-0.1, -0.05) is 28.1 Å². The Morgan fingerprint density at radius 1 is 1.14 bits per heavy atom. The van der Waals surface area contributed by atoms with Crippen LogP contribution in [-0.2, 0) is 6.61 Å². The van der Waals surface area contributed by atoms with Gasteiger partial charge in [0.2, 0.25) is 0 Å². The van der Waals surface area contributed by atoms with Crippen molar-refractivity contribution < 1.29 is 23.6 Å². The van der Waals surface area contributed by atoms with Gasteiger partial charge >= 0.3 is 5.91 Å². The van der Waals surface area contributed by atoms with Gasteiger partial charge in [-0.25, -0.2) is 5.43 Å². The third-order valence-electron chi connectivity index (χ3n) is 4.86. The van der Waals surface area contributed by atoms with Crippen LogP contribution in [0.5, 0.6) is 11.5 Å². The molecule has 0 aliphatic rings. The Hall–Kier alpha value is -3.70. The van der Waals surface area contributed by atoms with Crippen LogP contribution in [-0.4, -0.2) is 24.2 Å². The van der Waals surface area contributed by atoms with Gasteiger partial charge in [0.1, 0.15) is 12.2 Å². The predicted octanol–water partition coefficient (Wildman–Crippen LogP) is 6.22. The topological polar surface area (TPSA) is 116 Å². The maximum Gasteiger partial charge on any atom is 0.307 e. The van der Waals surface area contributed by atoms with Crippen molar-refractivity contribution in [2.24, 2.45) is 5.10 Å². The Bertz CT molecular complexity index is 1430. The van der Waals surface area contributed by atoms with Crippen LogP contribution in [0.15, 0.2) is 79.1 Å². The molecule has 0 saturated carbocycles. The summed E-state index contributed by atoms with van der Waals surface area (Å²) in [4.78, 5) is 22.8. The Kier molecular flexibility index (Phi) is 7.47. The lowest BCUT2D eigenvalue weighted by atomic mass is 10.2. The normalized spacial score (nSPS) is 11.1. The number of nitrogens with one attached hydrogen (secondary N) is 1. The minimum atomic E-state index is -0.597. The van der Waals surface area contributed by atoms with E-state index >= 15 is 0 Å². The fourth-order valence-electron chi connectivity index (χ4n) is 3.17. The standard InChI is InChI=1S/C24H17Br2N3O6/c1-33-21-9-15(8-19(26)23(21)34-13-14-2-4-17(25)5-3-14)12-27-28-24(30)22-11-16-10-18(29(31)32)6-7-20(16)35-22/h2-12H,13H2,1H3,(H,28,30)/b27-12-. The van der Waals surface area contributed by atoms with Crippen molar-refractivity contribution in [3.63, 3.8) is 0 Å². The summed E-state index contributed by atoms with van der Waals surface area (Å²) in [7, 11) is 1.53. The van der Waals surface area contributed by atoms with Gasteiger partial charge in [0.25, 0.3) is 5.69 Å². The highest BCUT2D eigenvalue weighted by atomic mass is 79.9. The number of furan rings is 1. The quantitative estimate of drug-likeness (QED) is 0.145. The molecule has 3 aromatic carbocycles. The highest BCUT2D eigenvalue weighted by Gasteiger charge is 2.15. The van der Waals surface area contributed by atoms with Gasteiger partial charge in [-0.2, -0.15) is 5.10 Å². The molecule has 4 aromatic rings. The Balaban J connectivity index is 1.44. The molecule has 4 rings (SSSR count). The molecule has 0 spiro atoms. The van der Waals surface area contributed by atoms with Gasteiger partial charge in [-0.05, 0) is 63.5 Å². The second kappa shape index (κ2) is 10.7. The van der Waals surface area contributed by atoms with Gasteiger partial charge in [-0.15, -0.1) is 0 Å². The van der Waals surface area contributed by atoms with Crippen LogP contribution in [0.25, 0.3) is 11.0 Å². The zero-order chi connectivity index (χ0) is 24.9. The van der Waals surface area contributed by atoms with E-state index in [1.165, 1.54) is 37.6 Å². The van der Waals surface area contributed by atoms with Crippen LogP contribution >= 0.6 is 31.9 Å². The molecule has 0 bridgehead atoms. The first-order chi connectivity index (χ1) is 16.8. The maximum absolute atomic E-state index is 12.4. The summed E-state index contributed by atoms with van der Waals surface area (Å²) in [6.45, 7) is 0.354. The van der Waals surface area contributed by atoms with E-state index in [4.69, 9.17) is 13.9 Å². The molecule has 0 saturated heterocycles. The van der Waals surface area contributed by atoms with Crippen molar-refractivity contribution in [1.82, 2.24) is 5.43 Å². The van der Waals surface area contributed by atoms with E-state index in [2.05, 4.69) is 42.4 Å². The minimum Gasteiger partial charge on any atom is -0.493 e. The van der Waals surface area contributed by atoms with Gasteiger partial charge in [0.05, 0.1) is 22.7 Å². The van der Waals surface area contributed by atoms with Crippen LogP contribution in [0.1, 0.15) is 21.7 Å². The number of nitrogens with zero attached hydrogens (tertiary/aromatic N) is 2. The summed E-state index contributed by atoms with van der Waals surface area (Å²) in [5.74, 6) is 0.407. The Morgan fingerprint density at radius 2 is 1.91 bits per heavy atom. The maximum atomic E-state index is 12.4. The average molecular weight is 603 g/mol. The number of halogens is 2. The van der Waals surface area contributed by atoms with Crippen molar-refractivity contribution in [2.45, 2.75) is 6.61 Å². The number of methoxy groups -OCH3 is 1. The summed E-state index contributed by atoms with van der Waals surface area (Å²) >= 11 is 6.90. The Morgan fingerprint density at radius 3 is 2.63 bits per heavy atom. The molecule has 0 atom stereocenters. The number of fused-ring (bicyclic) bond motifs is 1. The van der Waals surface area contributed by atoms with E-state index in [0.29, 0.717) is 39.1 Å². The molecule has 9 nitrogen and oxygen atoms in total. The van der Waals surface area contributed by atoms with Crippen molar-refractivity contribution in [3.8, 4) is 11.5 Å². The number of nitro groups is 1. The number of non-ortho nitro benzene ring substituents is 1. The SMILES string of the molecule is COc1cc(/C=N\NC(=O)c2cc3cc([N+](=O)[O-])ccc3o2)cc(Br)c1OCc1ccc(Br)cc1. The molecular formula is C24H17Br2N3O6. The van der Waals surface area contributed by atoms with Crippen LogP contribution in [0.4, 0.5) is 5.69 Å². The molecule has 35 heavy (non-hydrogen) atoms. The number of nitro benzene ring substituents is 1. The summed E-state index contributed by atoms with van der Waals surface area (Å²) in [6, 6.07) is 16.8. The third kappa shape index (κ3) is 5.87. The molecule has 0 unspecified atom stereocenters. The van der Waals surface area contributed by atoms with E-state index in [-0.39, 0.29) is 11.4 Å². The molecule has 0 fully saturated rings. The number of hydrazone groups is 1. The Labute approximate surface area is 216 Å². The summed E-state index contributed by atoms with van der Waals surface area (Å²) in [6.07, 6.45) is 1.44. The minimum absolute atomic E-state index is 0.0203. The van der Waals surface area contributed by atoms with Gasteiger partial charge in [0, 0.05) is 22.0 Å². The number of rotatable bonds is 8. The smallest absolute Gasteiger partial charge is 0.307 e. The number of hydrogen-bond donors (Lipinski definition) is 1. The molecular weight excluding hydrogens is 586 g/mol. The average Bonchev–Trinajstić information content (AvgIpc) is 3.27. The fraction of sp³-hybridized carbons (Fsp3) is 0.0833. The molecule has 1 heterocycles. The van der Waals surface area contributed by atoms with Gasteiger partial charge in [0.15, 0.2) is 17.3 Å². The predicted molar refractivity (Wildman–Crippen MR) is 137 cm³/mol. The number of benzene rings is 3. The van der Waals surface area contributed by atoms with Gasteiger partial charge < -0.3 is 13.9 Å². The monoisotopic (exact) mass is 601 g/mol. The first-order valence-corrected chi connectivity index (χ1v) is 11.7. The van der Waals surface area contributed by atoms with Crippen molar-refractivity contribution >= 4 is 60.6 Å². The van der Waals surface area contributed by atoms with E-state index in [1.807, 2.05) is 24.3 Å². The van der Waals surface area contributed by atoms with E-state index in [9.17, 15) is 14.9 Å². The molecule has 1 aromatic heterocycles. The largest absolute Gasteiger partial charge is 0.493 e. The molecule has 178 valence electrons. The fourth-order valence-corrected chi connectivity index (χ4v) is 4.01. The summed E-state index contributed by atoms with van der Waals surface area (Å²) < 4.78 is 18.5. The van der Waals surface area contributed by atoms with E-state index < -0.39 is 10.8 Å². The van der Waals surface area contributed by atoms with Crippen molar-refractivity contribution in [2.75, 3.05) is 7.11 Å². The highest BCUT2D eigenvalue weighted by molar-refractivity contribution is 9.10. The molecule has 0 aliphatic heterocycles. The number of ether oxygens (including phenoxy) is 2. The lowest BCUT2D eigenvalue weighted by Crippen LogP contribution is -2.16. The number of amides is 1. The second-order valence-electron chi connectivity index (χ2n) is 7.24. The van der Waals surface area contributed by atoms with Gasteiger partial charge in [-0.3, -0.25) is 14.9 Å². The molecule has 0 aliphatic carbocycles. The van der Waals surface area contributed by atoms with E-state index in [0.717, 1.165) is 10.0 Å². The number of carbonyl (C=O) groups excluding carboxylic acids is 1. The summed E-state index contributed by atoms with van der Waals surface area (Å²) in [5, 5.41) is 15.3. The highest BCUT2D eigenvalue weighted by Crippen LogP contribution is 2.37. The lowest BCUT2D eigenvalue weighted by molar-refractivity contribution is -0.384. The zero-order valence-electron chi connectivity index (χ0n) is 18.2. The summed E-state index contributed by atoms with van der Waals surface area (Å²) in [5.41, 5.74) is 4.29. The lowest BCUT2D eigenvalue weighted by Gasteiger charge is -2.13.